The van der Waals surface area contributed by atoms with Crippen molar-refractivity contribution in [2.24, 2.45) is 5.92 Å². The number of aromatic nitrogens is 1. The fraction of sp³-hybridized carbons (Fsp3) is 0.163. The number of fused-ring (bicyclic) bond motifs is 1. The summed E-state index contributed by atoms with van der Waals surface area (Å²) in [6.45, 7) is 2.27. The number of benzene rings is 6. The Labute approximate surface area is 341 Å². The average Bonchev–Trinajstić information content (AvgIpc) is 3.82. The van der Waals surface area contributed by atoms with E-state index in [9.17, 15) is 14.7 Å². The van der Waals surface area contributed by atoms with E-state index in [0.29, 0.717) is 22.1 Å². The minimum Gasteiger partial charge on any atom is -0.431 e. The van der Waals surface area contributed by atoms with Crippen molar-refractivity contribution in [2.45, 2.75) is 43.8 Å². The van der Waals surface area contributed by atoms with E-state index in [-0.39, 0.29) is 43.1 Å². The Kier molecular flexibility index (Phi) is 10.6. The van der Waals surface area contributed by atoms with Crippen LogP contribution < -0.4 is 0 Å². The Bertz CT molecular complexity index is 2470. The standard InChI is InChI=1S/C49H40N2O6S/c1-31-42(30-58-49-50-43(34-12-4-2-5-13-34)45(57-49)35-14-6-3-7-15-35)55-48(56-44(31)36-22-20-32(29-52)21-23-36)37-26-24-33(25-27-37)39-17-9-8-16-38(39)28-51-46(53)40-18-10-11-19-41(40)47(51)54/h2-27,31,42,44,48,52H,28-30H2,1H3/t31-,42+,44+,48+/m1/s1. The third-order valence-corrected chi connectivity index (χ3v) is 11.8. The van der Waals surface area contributed by atoms with Crippen molar-refractivity contribution in [1.29, 1.82) is 0 Å². The maximum absolute atomic E-state index is 13.2. The van der Waals surface area contributed by atoms with E-state index < -0.39 is 6.29 Å². The number of aliphatic hydroxyl groups excluding tert-OH is 1. The predicted octanol–water partition coefficient (Wildman–Crippen LogP) is 10.5. The van der Waals surface area contributed by atoms with Gasteiger partial charge in [0.15, 0.2) is 12.1 Å². The second-order valence-corrected chi connectivity index (χ2v) is 15.5. The summed E-state index contributed by atoms with van der Waals surface area (Å²) in [5.41, 5.74) is 9.02. The van der Waals surface area contributed by atoms with Crippen molar-refractivity contribution in [3.05, 3.63) is 191 Å². The highest BCUT2D eigenvalue weighted by molar-refractivity contribution is 7.99. The maximum atomic E-state index is 13.2. The number of nitrogens with zero attached hydrogens (tertiary/aromatic N) is 2. The zero-order chi connectivity index (χ0) is 39.6. The quantitative estimate of drug-likeness (QED) is 0.102. The molecule has 0 bridgehead atoms. The van der Waals surface area contributed by atoms with Crippen LogP contribution in [0.5, 0.6) is 0 Å². The number of imide groups is 1. The average molecular weight is 785 g/mol. The molecule has 0 saturated carbocycles. The molecule has 1 saturated heterocycles. The molecule has 1 N–H and O–H groups in total. The molecule has 0 radical (unpaired) electrons. The monoisotopic (exact) mass is 784 g/mol. The van der Waals surface area contributed by atoms with Crippen LogP contribution in [0.4, 0.5) is 0 Å². The SMILES string of the molecule is C[C@@H]1[C@H](CSc2nc(-c3ccccc3)c(-c3ccccc3)o2)O[C@H](c2ccc(-c3ccccc3CN3C(=O)c4ccccc4C3=O)cc2)O[C@@H]1c1ccc(CO)cc1. The van der Waals surface area contributed by atoms with Crippen LogP contribution in [0.3, 0.4) is 0 Å². The Morgan fingerprint density at radius 1 is 0.638 bits per heavy atom. The highest BCUT2D eigenvalue weighted by Gasteiger charge is 2.39. The Morgan fingerprint density at radius 3 is 1.88 bits per heavy atom. The number of thioether (sulfide) groups is 1. The third-order valence-electron chi connectivity index (χ3n) is 10.9. The smallest absolute Gasteiger partial charge is 0.261 e. The van der Waals surface area contributed by atoms with E-state index >= 15 is 0 Å². The third kappa shape index (κ3) is 7.41. The molecule has 58 heavy (non-hydrogen) atoms. The molecule has 3 heterocycles. The number of ether oxygens (including phenoxy) is 2. The molecule has 0 aliphatic carbocycles. The molecule has 9 rings (SSSR count). The maximum Gasteiger partial charge on any atom is 0.261 e. The van der Waals surface area contributed by atoms with Crippen LogP contribution >= 0.6 is 11.8 Å². The van der Waals surface area contributed by atoms with Gasteiger partial charge < -0.3 is 19.0 Å². The minimum absolute atomic E-state index is 0.0332. The summed E-state index contributed by atoms with van der Waals surface area (Å²) in [4.78, 5) is 32.7. The number of carbonyl (C=O) groups excluding carboxylic acids is 2. The van der Waals surface area contributed by atoms with Gasteiger partial charge in [-0.15, -0.1) is 0 Å². The molecule has 2 aliphatic rings. The van der Waals surface area contributed by atoms with Crippen LogP contribution in [0.2, 0.25) is 0 Å². The van der Waals surface area contributed by atoms with Crippen LogP contribution in [-0.4, -0.2) is 38.7 Å². The summed E-state index contributed by atoms with van der Waals surface area (Å²) in [5, 5.41) is 10.3. The fourth-order valence-corrected chi connectivity index (χ4v) is 8.70. The number of rotatable bonds is 11. The molecule has 1 aromatic heterocycles. The van der Waals surface area contributed by atoms with Crippen molar-refractivity contribution < 1.29 is 28.6 Å². The van der Waals surface area contributed by atoms with E-state index in [1.54, 1.807) is 24.3 Å². The number of aliphatic hydroxyl groups is 1. The largest absolute Gasteiger partial charge is 0.431 e. The first-order valence-electron chi connectivity index (χ1n) is 19.3. The van der Waals surface area contributed by atoms with Crippen LogP contribution in [0.15, 0.2) is 167 Å². The van der Waals surface area contributed by atoms with Gasteiger partial charge in [0.25, 0.3) is 17.0 Å². The lowest BCUT2D eigenvalue weighted by Crippen LogP contribution is -2.38. The molecule has 2 aliphatic heterocycles. The van der Waals surface area contributed by atoms with Crippen molar-refractivity contribution in [1.82, 2.24) is 9.88 Å². The van der Waals surface area contributed by atoms with Crippen molar-refractivity contribution in [3.63, 3.8) is 0 Å². The molecule has 7 aromatic rings. The Hall–Kier alpha value is -6.10. The van der Waals surface area contributed by atoms with Crippen LogP contribution in [0.25, 0.3) is 33.7 Å². The molecule has 0 spiro atoms. The highest BCUT2D eigenvalue weighted by atomic mass is 32.2. The van der Waals surface area contributed by atoms with E-state index in [0.717, 1.165) is 56.0 Å². The fourth-order valence-electron chi connectivity index (χ4n) is 7.72. The van der Waals surface area contributed by atoms with Gasteiger partial charge in [-0.05, 0) is 39.9 Å². The van der Waals surface area contributed by atoms with E-state index in [1.165, 1.54) is 16.7 Å². The molecule has 288 valence electrons. The van der Waals surface area contributed by atoms with E-state index in [4.69, 9.17) is 18.9 Å². The number of oxazole rings is 1. The van der Waals surface area contributed by atoms with Gasteiger partial charge >= 0.3 is 0 Å². The summed E-state index contributed by atoms with van der Waals surface area (Å²) in [5.74, 6) is 0.694. The first-order chi connectivity index (χ1) is 28.4. The number of carbonyl (C=O) groups is 2. The second kappa shape index (κ2) is 16.4. The van der Waals surface area contributed by atoms with Crippen molar-refractivity contribution in [2.75, 3.05) is 5.75 Å². The lowest BCUT2D eigenvalue weighted by atomic mass is 9.91. The number of hydrogen-bond donors (Lipinski definition) is 1. The van der Waals surface area contributed by atoms with Crippen molar-refractivity contribution in [3.8, 4) is 33.7 Å². The van der Waals surface area contributed by atoms with Gasteiger partial charge in [0.05, 0.1) is 36.5 Å². The molecule has 1 fully saturated rings. The molecular formula is C49H40N2O6S. The minimum atomic E-state index is -0.670. The zero-order valence-corrected chi connectivity index (χ0v) is 32.5. The van der Waals surface area contributed by atoms with Gasteiger partial charge in [-0.2, -0.15) is 0 Å². The van der Waals surface area contributed by atoms with Gasteiger partial charge in [-0.25, -0.2) is 4.98 Å². The van der Waals surface area contributed by atoms with Crippen LogP contribution in [-0.2, 0) is 22.6 Å². The second-order valence-electron chi connectivity index (χ2n) is 14.5. The molecule has 0 unspecified atom stereocenters. The van der Waals surface area contributed by atoms with Gasteiger partial charge in [0.2, 0.25) is 0 Å². The van der Waals surface area contributed by atoms with Crippen LogP contribution in [0, 0.1) is 5.92 Å². The lowest BCUT2D eigenvalue weighted by molar-refractivity contribution is -0.268. The molecule has 2 amide bonds. The molecule has 4 atom stereocenters. The summed E-state index contributed by atoms with van der Waals surface area (Å²) in [7, 11) is 0. The van der Waals surface area contributed by atoms with Gasteiger partial charge in [-0.3, -0.25) is 14.5 Å². The van der Waals surface area contributed by atoms with E-state index in [2.05, 4.69) is 6.92 Å². The molecule has 9 heteroatoms. The Balaban J connectivity index is 0.977. The molecule has 6 aromatic carbocycles. The summed E-state index contributed by atoms with van der Waals surface area (Å²) >= 11 is 1.52. The van der Waals surface area contributed by atoms with Gasteiger partial charge in [0.1, 0.15) is 5.69 Å². The molecule has 8 nitrogen and oxygen atoms in total. The van der Waals surface area contributed by atoms with E-state index in [1.807, 2.05) is 133 Å². The Morgan fingerprint density at radius 2 is 1.22 bits per heavy atom. The first-order valence-corrected chi connectivity index (χ1v) is 20.3. The summed E-state index contributed by atoms with van der Waals surface area (Å²) < 4.78 is 20.0. The predicted molar refractivity (Wildman–Crippen MR) is 224 cm³/mol. The summed E-state index contributed by atoms with van der Waals surface area (Å²) in [6.07, 6.45) is -1.20. The van der Waals surface area contributed by atoms with Gasteiger partial charge in [-0.1, -0.05) is 164 Å². The number of hydrogen-bond acceptors (Lipinski definition) is 8. The van der Waals surface area contributed by atoms with Crippen molar-refractivity contribution >= 4 is 23.6 Å². The lowest BCUT2D eigenvalue weighted by Gasteiger charge is -2.41. The number of amides is 2. The van der Waals surface area contributed by atoms with Crippen LogP contribution in [0.1, 0.15) is 62.3 Å². The summed E-state index contributed by atoms with van der Waals surface area (Å²) in [6, 6.07) is 50.9. The molecular weight excluding hydrogens is 745 g/mol. The normalized spacial score (nSPS) is 19.0. The highest BCUT2D eigenvalue weighted by Crippen LogP contribution is 2.44. The zero-order valence-electron chi connectivity index (χ0n) is 31.7. The first kappa shape index (κ1) is 37.5. The van der Waals surface area contributed by atoms with Gasteiger partial charge in [0, 0.05) is 28.4 Å². The topological polar surface area (TPSA) is 102 Å².